The molecule has 2 N–H and O–H groups in total. The number of aromatic amines is 1. The summed E-state index contributed by atoms with van der Waals surface area (Å²) in [5, 5.41) is 9.46. The summed E-state index contributed by atoms with van der Waals surface area (Å²) >= 11 is 0. The highest BCUT2D eigenvalue weighted by molar-refractivity contribution is 7.53. The lowest BCUT2D eigenvalue weighted by molar-refractivity contribution is 0.0141. The van der Waals surface area contributed by atoms with Crippen LogP contribution >= 0.6 is 7.60 Å². The molecule has 0 saturated carbocycles. The maximum Gasteiger partial charge on any atom is 0.356 e. The fraction of sp³-hybridized carbons (Fsp3) is 0.688. The van der Waals surface area contributed by atoms with Crippen LogP contribution in [0.2, 0.25) is 0 Å². The van der Waals surface area contributed by atoms with Crippen LogP contribution in [-0.2, 0) is 18.3 Å². The zero-order chi connectivity index (χ0) is 20.8. The molecular weight excluding hydrogens is 379 g/mol. The number of nitrogens with zero attached hydrogens (tertiary/aromatic N) is 1. The lowest BCUT2D eigenvalue weighted by Gasteiger charge is -2.24. The molecule has 10 nitrogen and oxygen atoms in total. The Morgan fingerprint density at radius 2 is 1.78 bits per heavy atom. The number of aliphatic hydroxyl groups is 1. The predicted octanol–water partition coefficient (Wildman–Crippen LogP) is 1.25. The zero-order valence-corrected chi connectivity index (χ0v) is 17.0. The van der Waals surface area contributed by atoms with Crippen molar-refractivity contribution in [3.05, 3.63) is 32.6 Å². The molecule has 11 heteroatoms. The quantitative estimate of drug-likeness (QED) is 0.554. The number of hydrogen-bond donors (Lipinski definition) is 2. The zero-order valence-electron chi connectivity index (χ0n) is 16.1. The van der Waals surface area contributed by atoms with Crippen LogP contribution in [0.25, 0.3) is 0 Å². The van der Waals surface area contributed by atoms with Gasteiger partial charge in [0.15, 0.2) is 0 Å². The average Bonchev–Trinajstić information content (AvgIpc) is 2.53. The lowest BCUT2D eigenvalue weighted by atomic mass is 10.2. The minimum Gasteiger partial charge on any atom is -0.394 e. The molecule has 1 atom stereocenters. The molecular formula is C16H27N2O8P. The van der Waals surface area contributed by atoms with E-state index >= 15 is 0 Å². The topological polar surface area (TPSA) is 137 Å². The van der Waals surface area contributed by atoms with Gasteiger partial charge in [-0.3, -0.25) is 19.1 Å². The molecule has 27 heavy (non-hydrogen) atoms. The maximum atomic E-state index is 12.7. The second-order valence-corrected chi connectivity index (χ2v) is 8.46. The first kappa shape index (κ1) is 23.5. The maximum absolute atomic E-state index is 12.7. The molecule has 1 heterocycles. The van der Waals surface area contributed by atoms with Gasteiger partial charge in [0.2, 0.25) is 5.91 Å². The summed E-state index contributed by atoms with van der Waals surface area (Å²) in [5.41, 5.74) is -1.29. The van der Waals surface area contributed by atoms with Gasteiger partial charge in [0.05, 0.1) is 31.3 Å². The van der Waals surface area contributed by atoms with E-state index in [9.17, 15) is 24.1 Å². The first-order chi connectivity index (χ1) is 12.5. The third-order valence-electron chi connectivity index (χ3n) is 3.21. The summed E-state index contributed by atoms with van der Waals surface area (Å²) in [6, 6.07) is 0. The van der Waals surface area contributed by atoms with E-state index in [0.717, 1.165) is 10.8 Å². The van der Waals surface area contributed by atoms with Crippen molar-refractivity contribution in [1.82, 2.24) is 9.55 Å². The van der Waals surface area contributed by atoms with Crippen LogP contribution in [0.15, 0.2) is 15.8 Å². The second kappa shape index (κ2) is 10.1. The highest BCUT2D eigenvalue weighted by Crippen LogP contribution is 2.50. The van der Waals surface area contributed by atoms with Crippen LogP contribution in [0, 0.1) is 6.92 Å². The minimum absolute atomic E-state index is 0.185. The van der Waals surface area contributed by atoms with Gasteiger partial charge in [0.1, 0.15) is 6.35 Å². The largest absolute Gasteiger partial charge is 0.394 e. The van der Waals surface area contributed by atoms with E-state index in [1.165, 1.54) is 6.92 Å². The molecule has 0 aliphatic carbocycles. The normalized spacial score (nSPS) is 13.3. The highest BCUT2D eigenvalue weighted by Gasteiger charge is 2.30. The average molecular weight is 406 g/mol. The fourth-order valence-corrected chi connectivity index (χ4v) is 4.00. The summed E-state index contributed by atoms with van der Waals surface area (Å²) in [6.07, 6.45) is -1.50. The third kappa shape index (κ3) is 7.51. The Hall–Kier alpha value is -1.58. The summed E-state index contributed by atoms with van der Waals surface area (Å²) in [7, 11) is -3.60. The number of ether oxygens (including phenoxy) is 1. The second-order valence-electron chi connectivity index (χ2n) is 6.56. The van der Waals surface area contributed by atoms with Crippen LogP contribution in [0.3, 0.4) is 0 Å². The summed E-state index contributed by atoms with van der Waals surface area (Å²) in [4.78, 5) is 37.5. The van der Waals surface area contributed by atoms with E-state index in [-0.39, 0.29) is 24.2 Å². The molecule has 0 aromatic carbocycles. The van der Waals surface area contributed by atoms with Crippen LogP contribution in [-0.4, -0.2) is 51.8 Å². The Balaban J connectivity index is 2.85. The Morgan fingerprint density at radius 3 is 2.26 bits per heavy atom. The Kier molecular flexibility index (Phi) is 8.77. The molecule has 0 amide bonds. The van der Waals surface area contributed by atoms with E-state index in [1.54, 1.807) is 27.7 Å². The Labute approximate surface area is 157 Å². The van der Waals surface area contributed by atoms with Gasteiger partial charge in [-0.05, 0) is 34.6 Å². The van der Waals surface area contributed by atoms with Crippen LogP contribution in [0.5, 0.6) is 0 Å². The number of carbonyl (C=O) groups is 1. The summed E-state index contributed by atoms with van der Waals surface area (Å²) in [6.45, 7) is 7.66. The van der Waals surface area contributed by atoms with Gasteiger partial charge >= 0.3 is 13.3 Å². The number of aryl methyl sites for hydroxylation is 1. The summed E-state index contributed by atoms with van der Waals surface area (Å²) in [5.74, 6) is -0.692. The van der Waals surface area contributed by atoms with Crippen molar-refractivity contribution in [1.29, 1.82) is 0 Å². The molecule has 1 aromatic rings. The Bertz CT molecular complexity index is 784. The van der Waals surface area contributed by atoms with E-state index in [4.69, 9.17) is 13.8 Å². The molecule has 0 bridgehead atoms. The van der Waals surface area contributed by atoms with Crippen molar-refractivity contribution in [2.75, 3.05) is 13.0 Å². The van der Waals surface area contributed by atoms with Gasteiger partial charge in [-0.25, -0.2) is 9.36 Å². The summed E-state index contributed by atoms with van der Waals surface area (Å²) < 4.78 is 29.5. The molecule has 0 spiro atoms. The van der Waals surface area contributed by atoms with Crippen LogP contribution < -0.4 is 11.2 Å². The first-order valence-electron chi connectivity index (χ1n) is 8.51. The fourth-order valence-electron chi connectivity index (χ4n) is 2.15. The number of carbonyl (C=O) groups excluding carboxylic acids is 1. The number of aliphatic hydroxyl groups excluding tert-OH is 1. The SMILES string of the molecule is Cc1cn(C(=O)C[C@H](CO)OCP(=O)(OC(C)C)OC(C)C)c(=O)[nH]c1=O. The predicted molar refractivity (Wildman–Crippen MR) is 98.2 cm³/mol. The number of H-pyrrole nitrogens is 1. The van der Waals surface area contributed by atoms with Gasteiger partial charge in [0.25, 0.3) is 5.56 Å². The molecule has 0 saturated heterocycles. The lowest BCUT2D eigenvalue weighted by Crippen LogP contribution is -2.36. The molecule has 154 valence electrons. The molecule has 1 aromatic heterocycles. The van der Waals surface area contributed by atoms with E-state index in [1.807, 2.05) is 4.98 Å². The number of aromatic nitrogens is 2. The van der Waals surface area contributed by atoms with Crippen molar-refractivity contribution in [2.45, 2.75) is 59.4 Å². The monoisotopic (exact) mass is 406 g/mol. The minimum atomic E-state index is -3.60. The van der Waals surface area contributed by atoms with Crippen molar-refractivity contribution in [3.8, 4) is 0 Å². The van der Waals surface area contributed by atoms with E-state index in [0.29, 0.717) is 0 Å². The number of hydrogen-bond acceptors (Lipinski definition) is 8. The van der Waals surface area contributed by atoms with Crippen molar-refractivity contribution in [3.63, 3.8) is 0 Å². The van der Waals surface area contributed by atoms with Crippen LogP contribution in [0.1, 0.15) is 44.5 Å². The van der Waals surface area contributed by atoms with Gasteiger partial charge in [0, 0.05) is 11.8 Å². The Morgan fingerprint density at radius 1 is 1.22 bits per heavy atom. The number of rotatable bonds is 10. The van der Waals surface area contributed by atoms with Crippen molar-refractivity contribution >= 4 is 13.5 Å². The standard InChI is InChI=1S/C16H27N2O8P/c1-10(2)25-27(23,26-11(3)4)9-24-13(8-19)6-14(20)18-7-12(5)15(21)17-16(18)22/h7,10-11,13,19H,6,8-9H2,1-5H3,(H,17,21,22)/t13-/m1/s1. The van der Waals surface area contributed by atoms with Crippen molar-refractivity contribution < 1.29 is 28.3 Å². The van der Waals surface area contributed by atoms with E-state index < -0.39 is 43.8 Å². The molecule has 0 fully saturated rings. The van der Waals surface area contributed by atoms with Crippen molar-refractivity contribution in [2.24, 2.45) is 0 Å². The molecule has 0 aliphatic heterocycles. The van der Waals surface area contributed by atoms with Gasteiger partial charge < -0.3 is 18.9 Å². The first-order valence-corrected chi connectivity index (χ1v) is 10.2. The smallest absolute Gasteiger partial charge is 0.356 e. The third-order valence-corrected chi connectivity index (χ3v) is 5.16. The van der Waals surface area contributed by atoms with Crippen LogP contribution in [0.4, 0.5) is 0 Å². The van der Waals surface area contributed by atoms with Gasteiger partial charge in [-0.15, -0.1) is 0 Å². The molecule has 0 aliphatic rings. The molecule has 1 rings (SSSR count). The molecule has 0 radical (unpaired) electrons. The van der Waals surface area contributed by atoms with E-state index in [2.05, 4.69) is 0 Å². The van der Waals surface area contributed by atoms with Gasteiger partial charge in [-0.2, -0.15) is 0 Å². The van der Waals surface area contributed by atoms with Gasteiger partial charge in [-0.1, -0.05) is 0 Å². The molecule has 0 unspecified atom stereocenters. The number of nitrogens with one attached hydrogen (secondary N) is 1. The highest BCUT2D eigenvalue weighted by atomic mass is 31.2.